The van der Waals surface area contributed by atoms with Crippen LogP contribution in [0.1, 0.15) is 28.8 Å². The number of likely N-dealkylation sites (tertiary alicyclic amines) is 1. The molecule has 1 aliphatic rings. The van der Waals surface area contributed by atoms with Crippen molar-refractivity contribution < 1.29 is 9.53 Å². The van der Waals surface area contributed by atoms with Crippen molar-refractivity contribution >= 4 is 23.1 Å². The van der Waals surface area contributed by atoms with E-state index in [1.807, 2.05) is 36.4 Å². The van der Waals surface area contributed by atoms with Crippen LogP contribution < -0.4 is 21.1 Å². The minimum absolute atomic E-state index is 0.332. The lowest BCUT2D eigenvalue weighted by atomic mass is 10.2. The number of ether oxygens (including phenoxy) is 1. The Morgan fingerprint density at radius 2 is 2.00 bits per heavy atom. The molecule has 0 bridgehead atoms. The van der Waals surface area contributed by atoms with Gasteiger partial charge in [-0.1, -0.05) is 12.1 Å². The second-order valence-electron chi connectivity index (χ2n) is 7.74. The first-order valence-electron chi connectivity index (χ1n) is 10.8. The normalized spacial score (nSPS) is 13.6. The summed E-state index contributed by atoms with van der Waals surface area (Å²) in [6.45, 7) is 4.44. The van der Waals surface area contributed by atoms with Gasteiger partial charge in [-0.25, -0.2) is 4.98 Å². The van der Waals surface area contributed by atoms with E-state index in [0.29, 0.717) is 30.2 Å². The first-order chi connectivity index (χ1) is 15.7. The fourth-order valence-electron chi connectivity index (χ4n) is 3.68. The smallest absolute Gasteiger partial charge is 0.252 e. The van der Waals surface area contributed by atoms with Gasteiger partial charge in [-0.05, 0) is 49.7 Å². The average Bonchev–Trinajstić information content (AvgIpc) is 3.32. The van der Waals surface area contributed by atoms with E-state index >= 15 is 0 Å². The highest BCUT2D eigenvalue weighted by atomic mass is 16.5. The fraction of sp³-hybridized carbons (Fsp3) is 0.292. The number of pyridine rings is 2. The number of nitrogens with zero attached hydrogens (tertiary/aromatic N) is 3. The summed E-state index contributed by atoms with van der Waals surface area (Å²) in [7, 11) is 0. The second-order valence-corrected chi connectivity index (χ2v) is 7.74. The molecule has 1 amide bonds. The highest BCUT2D eigenvalue weighted by Gasteiger charge is 2.12. The lowest BCUT2D eigenvalue weighted by Crippen LogP contribution is -2.25. The van der Waals surface area contributed by atoms with E-state index < -0.39 is 5.91 Å². The number of carbonyl (C=O) groups is 1. The zero-order valence-corrected chi connectivity index (χ0v) is 18.0. The third-order valence-corrected chi connectivity index (χ3v) is 5.36. The number of hydrogen-bond donors (Lipinski definition) is 3. The molecule has 0 atom stereocenters. The zero-order chi connectivity index (χ0) is 22.2. The molecule has 3 heterocycles. The van der Waals surface area contributed by atoms with Crippen LogP contribution in [0.15, 0.2) is 61.1 Å². The molecule has 166 valence electrons. The van der Waals surface area contributed by atoms with E-state index in [1.165, 1.54) is 19.0 Å². The van der Waals surface area contributed by atoms with Gasteiger partial charge in [0.2, 0.25) is 0 Å². The van der Waals surface area contributed by atoms with Crippen LogP contribution in [0.4, 0.5) is 17.2 Å². The number of aromatic nitrogens is 2. The monoisotopic (exact) mass is 432 g/mol. The van der Waals surface area contributed by atoms with Gasteiger partial charge in [0.1, 0.15) is 18.2 Å². The number of anilines is 3. The summed E-state index contributed by atoms with van der Waals surface area (Å²) in [6.07, 6.45) is 7.52. The summed E-state index contributed by atoms with van der Waals surface area (Å²) in [4.78, 5) is 22.7. The van der Waals surface area contributed by atoms with E-state index in [-0.39, 0.29) is 0 Å². The largest absolute Gasteiger partial charge is 0.492 e. The van der Waals surface area contributed by atoms with Crippen molar-refractivity contribution in [2.45, 2.75) is 19.4 Å². The van der Waals surface area contributed by atoms with E-state index in [4.69, 9.17) is 10.5 Å². The standard InChI is InChI=1S/C24H28N6O2/c25-24(31)21-17-28-23(14-22(21)27-16-18-5-4-8-26-15-18)29-19-6-3-7-20(13-19)32-12-11-30-9-1-2-10-30/h3-8,13-15,17H,1-2,9-12,16H2,(H2,25,31)(H2,27,28,29). The first kappa shape index (κ1) is 21.6. The van der Waals surface area contributed by atoms with Gasteiger partial charge >= 0.3 is 0 Å². The van der Waals surface area contributed by atoms with E-state index in [0.717, 1.165) is 36.6 Å². The fourth-order valence-corrected chi connectivity index (χ4v) is 3.68. The molecule has 8 nitrogen and oxygen atoms in total. The molecule has 1 aromatic carbocycles. The highest BCUT2D eigenvalue weighted by Crippen LogP contribution is 2.24. The first-order valence-corrected chi connectivity index (χ1v) is 10.8. The molecule has 32 heavy (non-hydrogen) atoms. The number of carbonyl (C=O) groups excluding carboxylic acids is 1. The molecular weight excluding hydrogens is 404 g/mol. The van der Waals surface area contributed by atoms with Crippen LogP contribution in [0.3, 0.4) is 0 Å². The van der Waals surface area contributed by atoms with Gasteiger partial charge in [-0.15, -0.1) is 0 Å². The maximum atomic E-state index is 11.8. The number of amides is 1. The summed E-state index contributed by atoms with van der Waals surface area (Å²) in [5.74, 6) is 0.863. The average molecular weight is 433 g/mol. The molecule has 4 N–H and O–H groups in total. The van der Waals surface area contributed by atoms with Crippen LogP contribution in [-0.4, -0.2) is 47.0 Å². The lowest BCUT2D eigenvalue weighted by molar-refractivity contribution is 0.100. The topological polar surface area (TPSA) is 105 Å². The van der Waals surface area contributed by atoms with E-state index in [2.05, 4.69) is 25.5 Å². The Bertz CT molecular complexity index is 1040. The predicted molar refractivity (Wildman–Crippen MR) is 125 cm³/mol. The van der Waals surface area contributed by atoms with Crippen molar-refractivity contribution in [2.75, 3.05) is 36.9 Å². The molecule has 4 rings (SSSR count). The van der Waals surface area contributed by atoms with E-state index in [1.54, 1.807) is 18.5 Å². The van der Waals surface area contributed by atoms with Gasteiger partial charge in [0.05, 0.1) is 11.3 Å². The molecule has 0 spiro atoms. The number of rotatable bonds is 10. The molecule has 1 fully saturated rings. The van der Waals surface area contributed by atoms with Gasteiger partial charge in [0.25, 0.3) is 5.91 Å². The van der Waals surface area contributed by atoms with Crippen LogP contribution >= 0.6 is 0 Å². The van der Waals surface area contributed by atoms with Crippen LogP contribution in [0, 0.1) is 0 Å². The van der Waals surface area contributed by atoms with Crippen LogP contribution in [0.5, 0.6) is 5.75 Å². The molecule has 0 radical (unpaired) electrons. The number of benzene rings is 1. The minimum atomic E-state index is -0.536. The molecule has 1 aliphatic heterocycles. The lowest BCUT2D eigenvalue weighted by Gasteiger charge is -2.15. The Kier molecular flexibility index (Phi) is 7.14. The summed E-state index contributed by atoms with van der Waals surface area (Å²) in [5.41, 5.74) is 8.31. The van der Waals surface area contributed by atoms with Crippen molar-refractivity contribution in [3.63, 3.8) is 0 Å². The van der Waals surface area contributed by atoms with Gasteiger partial charge < -0.3 is 21.1 Å². The van der Waals surface area contributed by atoms with E-state index in [9.17, 15) is 4.79 Å². The maximum absolute atomic E-state index is 11.8. The SMILES string of the molecule is NC(=O)c1cnc(Nc2cccc(OCCN3CCCC3)c2)cc1NCc1cccnc1. The number of nitrogens with one attached hydrogen (secondary N) is 2. The summed E-state index contributed by atoms with van der Waals surface area (Å²) in [6, 6.07) is 13.4. The van der Waals surface area contributed by atoms with Gasteiger partial charge in [0, 0.05) is 49.5 Å². The van der Waals surface area contributed by atoms with Crippen molar-refractivity contribution in [3.8, 4) is 5.75 Å². The van der Waals surface area contributed by atoms with Crippen LogP contribution in [0.2, 0.25) is 0 Å². The third-order valence-electron chi connectivity index (χ3n) is 5.36. The summed E-state index contributed by atoms with van der Waals surface area (Å²) >= 11 is 0. The number of primary amides is 1. The number of nitrogens with two attached hydrogens (primary N) is 1. The van der Waals surface area contributed by atoms with Crippen LogP contribution in [-0.2, 0) is 6.54 Å². The predicted octanol–water partition coefficient (Wildman–Crippen LogP) is 3.41. The van der Waals surface area contributed by atoms with Crippen molar-refractivity contribution in [2.24, 2.45) is 5.73 Å². The van der Waals surface area contributed by atoms with Gasteiger partial charge in [-0.3, -0.25) is 14.7 Å². The summed E-state index contributed by atoms with van der Waals surface area (Å²) in [5, 5.41) is 6.53. The molecule has 0 saturated carbocycles. The second kappa shape index (κ2) is 10.6. The highest BCUT2D eigenvalue weighted by molar-refractivity contribution is 5.98. The Morgan fingerprint density at radius 3 is 2.78 bits per heavy atom. The summed E-state index contributed by atoms with van der Waals surface area (Å²) < 4.78 is 5.93. The molecule has 0 unspecified atom stereocenters. The molecule has 3 aromatic rings. The maximum Gasteiger partial charge on any atom is 0.252 e. The van der Waals surface area contributed by atoms with Gasteiger partial charge in [0.15, 0.2) is 0 Å². The molecule has 8 heteroatoms. The zero-order valence-electron chi connectivity index (χ0n) is 18.0. The Labute approximate surface area is 187 Å². The van der Waals surface area contributed by atoms with Crippen molar-refractivity contribution in [1.82, 2.24) is 14.9 Å². The Morgan fingerprint density at radius 1 is 1.12 bits per heavy atom. The van der Waals surface area contributed by atoms with Crippen molar-refractivity contribution in [3.05, 3.63) is 72.2 Å². The molecule has 2 aromatic heterocycles. The number of hydrogen-bond acceptors (Lipinski definition) is 7. The minimum Gasteiger partial charge on any atom is -0.492 e. The Balaban J connectivity index is 1.41. The van der Waals surface area contributed by atoms with Crippen LogP contribution in [0.25, 0.3) is 0 Å². The molecular formula is C24H28N6O2. The third kappa shape index (κ3) is 5.95. The Hall–Kier alpha value is -3.65. The molecule has 0 aliphatic carbocycles. The van der Waals surface area contributed by atoms with Gasteiger partial charge in [-0.2, -0.15) is 0 Å². The van der Waals surface area contributed by atoms with Crippen molar-refractivity contribution in [1.29, 1.82) is 0 Å². The molecule has 1 saturated heterocycles. The quantitative estimate of drug-likeness (QED) is 0.451.